The standard InChI is InChI=1S/C10H9BrO2/c1-2-6-13-10-8(7-12)4-3-5-9(10)11/h1,3-5,12H,6-7H2. The molecule has 0 spiro atoms. The molecule has 0 aromatic heterocycles. The summed E-state index contributed by atoms with van der Waals surface area (Å²) in [5.41, 5.74) is 0.727. The van der Waals surface area contributed by atoms with Crippen molar-refractivity contribution in [2.75, 3.05) is 6.61 Å². The lowest BCUT2D eigenvalue weighted by Gasteiger charge is -2.09. The summed E-state index contributed by atoms with van der Waals surface area (Å²) >= 11 is 3.31. The van der Waals surface area contributed by atoms with E-state index in [2.05, 4.69) is 21.9 Å². The molecule has 1 N–H and O–H groups in total. The molecule has 0 aliphatic rings. The van der Waals surface area contributed by atoms with E-state index in [-0.39, 0.29) is 13.2 Å². The number of hydrogen-bond donors (Lipinski definition) is 1. The number of aliphatic hydroxyl groups is 1. The van der Waals surface area contributed by atoms with Crippen molar-refractivity contribution in [2.45, 2.75) is 6.61 Å². The first-order valence-corrected chi connectivity index (χ1v) is 4.53. The Labute approximate surface area is 85.7 Å². The molecule has 0 unspecified atom stereocenters. The van der Waals surface area contributed by atoms with E-state index in [0.717, 1.165) is 10.0 Å². The fourth-order valence-electron chi connectivity index (χ4n) is 0.953. The number of halogens is 1. The predicted molar refractivity (Wildman–Crippen MR) is 54.4 cm³/mol. The maximum absolute atomic E-state index is 8.99. The van der Waals surface area contributed by atoms with Gasteiger partial charge in [-0.2, -0.15) is 0 Å². The van der Waals surface area contributed by atoms with Crippen molar-refractivity contribution >= 4 is 15.9 Å². The smallest absolute Gasteiger partial charge is 0.148 e. The first kappa shape index (κ1) is 10.1. The van der Waals surface area contributed by atoms with Crippen molar-refractivity contribution in [2.24, 2.45) is 0 Å². The normalized spacial score (nSPS) is 9.31. The van der Waals surface area contributed by atoms with Crippen LogP contribution in [0.25, 0.3) is 0 Å². The summed E-state index contributed by atoms with van der Waals surface area (Å²) in [6.45, 7) is 0.148. The lowest BCUT2D eigenvalue weighted by atomic mass is 10.2. The Bertz CT molecular complexity index is 328. The van der Waals surface area contributed by atoms with Gasteiger partial charge in [0.2, 0.25) is 0 Å². The van der Waals surface area contributed by atoms with Gasteiger partial charge in [0.05, 0.1) is 11.1 Å². The van der Waals surface area contributed by atoms with Crippen molar-refractivity contribution in [3.05, 3.63) is 28.2 Å². The second-order valence-corrected chi connectivity index (χ2v) is 3.23. The van der Waals surface area contributed by atoms with E-state index >= 15 is 0 Å². The van der Waals surface area contributed by atoms with Crippen LogP contribution in [0.2, 0.25) is 0 Å². The predicted octanol–water partition coefficient (Wildman–Crippen LogP) is 1.95. The topological polar surface area (TPSA) is 29.5 Å². The van der Waals surface area contributed by atoms with E-state index in [9.17, 15) is 0 Å². The van der Waals surface area contributed by atoms with Gasteiger partial charge in [-0.05, 0) is 22.0 Å². The summed E-state index contributed by atoms with van der Waals surface area (Å²) < 4.78 is 6.07. The Hall–Kier alpha value is -0.980. The third-order valence-electron chi connectivity index (χ3n) is 1.52. The summed E-state index contributed by atoms with van der Waals surface area (Å²) in [6, 6.07) is 5.46. The van der Waals surface area contributed by atoms with Gasteiger partial charge in [-0.25, -0.2) is 0 Å². The van der Waals surface area contributed by atoms with Crippen LogP contribution in [0.5, 0.6) is 5.75 Å². The number of benzene rings is 1. The molecule has 0 saturated carbocycles. The Morgan fingerprint density at radius 1 is 1.54 bits per heavy atom. The molecule has 1 aromatic carbocycles. The largest absolute Gasteiger partial charge is 0.479 e. The maximum atomic E-state index is 8.99. The van der Waals surface area contributed by atoms with Gasteiger partial charge in [0.25, 0.3) is 0 Å². The Morgan fingerprint density at radius 2 is 2.31 bits per heavy atom. The van der Waals surface area contributed by atoms with Crippen molar-refractivity contribution in [1.29, 1.82) is 0 Å². The third-order valence-corrected chi connectivity index (χ3v) is 2.14. The molecule has 0 radical (unpaired) electrons. The molecule has 0 amide bonds. The van der Waals surface area contributed by atoms with Crippen molar-refractivity contribution < 1.29 is 9.84 Å². The first-order valence-electron chi connectivity index (χ1n) is 3.74. The monoisotopic (exact) mass is 240 g/mol. The zero-order valence-electron chi connectivity index (χ0n) is 6.96. The van der Waals surface area contributed by atoms with E-state index in [0.29, 0.717) is 5.75 Å². The van der Waals surface area contributed by atoms with Crippen LogP contribution < -0.4 is 4.74 Å². The molecule has 0 aliphatic carbocycles. The van der Waals surface area contributed by atoms with E-state index in [1.165, 1.54) is 0 Å². The number of rotatable bonds is 3. The average Bonchev–Trinajstić information content (AvgIpc) is 2.15. The highest BCUT2D eigenvalue weighted by atomic mass is 79.9. The molecule has 0 fully saturated rings. The van der Waals surface area contributed by atoms with Crippen LogP contribution in [0.4, 0.5) is 0 Å². The first-order chi connectivity index (χ1) is 6.29. The highest BCUT2D eigenvalue weighted by molar-refractivity contribution is 9.10. The molecule has 0 saturated heterocycles. The Morgan fingerprint density at radius 3 is 2.92 bits per heavy atom. The van der Waals surface area contributed by atoms with Gasteiger partial charge >= 0.3 is 0 Å². The molecule has 1 aromatic rings. The number of terminal acetylenes is 1. The Kier molecular flexibility index (Phi) is 3.81. The third kappa shape index (κ3) is 2.48. The van der Waals surface area contributed by atoms with Crippen molar-refractivity contribution in [3.8, 4) is 18.1 Å². The van der Waals surface area contributed by atoms with Crippen LogP contribution in [0.1, 0.15) is 5.56 Å². The molecule has 13 heavy (non-hydrogen) atoms. The highest BCUT2D eigenvalue weighted by Gasteiger charge is 2.05. The van der Waals surface area contributed by atoms with Crippen LogP contribution >= 0.6 is 15.9 Å². The molecule has 0 aliphatic heterocycles. The van der Waals surface area contributed by atoms with Crippen molar-refractivity contribution in [1.82, 2.24) is 0 Å². The fourth-order valence-corrected chi connectivity index (χ4v) is 1.48. The second-order valence-electron chi connectivity index (χ2n) is 2.38. The number of para-hydroxylation sites is 1. The summed E-state index contributed by atoms with van der Waals surface area (Å²) in [5, 5.41) is 8.99. The summed E-state index contributed by atoms with van der Waals surface area (Å²) in [7, 11) is 0. The lowest BCUT2D eigenvalue weighted by molar-refractivity contribution is 0.270. The minimum absolute atomic E-state index is 0.0562. The number of ether oxygens (including phenoxy) is 1. The van der Waals surface area contributed by atoms with Crippen LogP contribution in [-0.2, 0) is 6.61 Å². The van der Waals surface area contributed by atoms with Gasteiger partial charge < -0.3 is 9.84 Å². The van der Waals surface area contributed by atoms with Gasteiger partial charge in [-0.15, -0.1) is 6.42 Å². The second kappa shape index (κ2) is 4.90. The molecule has 3 heteroatoms. The Balaban J connectivity index is 2.95. The lowest BCUT2D eigenvalue weighted by Crippen LogP contribution is -1.98. The maximum Gasteiger partial charge on any atom is 0.148 e. The zero-order chi connectivity index (χ0) is 9.68. The molecule has 0 heterocycles. The zero-order valence-corrected chi connectivity index (χ0v) is 8.54. The van der Waals surface area contributed by atoms with Crippen LogP contribution in [0.3, 0.4) is 0 Å². The molecule has 0 bridgehead atoms. The highest BCUT2D eigenvalue weighted by Crippen LogP contribution is 2.28. The van der Waals surface area contributed by atoms with Crippen LogP contribution in [-0.4, -0.2) is 11.7 Å². The summed E-state index contributed by atoms with van der Waals surface area (Å²) in [4.78, 5) is 0. The van der Waals surface area contributed by atoms with E-state index in [4.69, 9.17) is 16.3 Å². The van der Waals surface area contributed by atoms with E-state index in [1.807, 2.05) is 12.1 Å². The van der Waals surface area contributed by atoms with Gasteiger partial charge in [0.1, 0.15) is 12.4 Å². The molecule has 0 atom stereocenters. The van der Waals surface area contributed by atoms with Gasteiger partial charge in [0.15, 0.2) is 0 Å². The fraction of sp³-hybridized carbons (Fsp3) is 0.200. The number of aliphatic hydroxyl groups excluding tert-OH is 1. The van der Waals surface area contributed by atoms with Gasteiger partial charge in [-0.1, -0.05) is 18.1 Å². The molecule has 68 valence electrons. The minimum Gasteiger partial charge on any atom is -0.479 e. The SMILES string of the molecule is C#CCOc1c(Br)cccc1CO. The average molecular weight is 241 g/mol. The summed E-state index contributed by atoms with van der Waals surface area (Å²) in [6.07, 6.45) is 5.07. The van der Waals surface area contributed by atoms with Gasteiger partial charge in [-0.3, -0.25) is 0 Å². The van der Waals surface area contributed by atoms with Crippen molar-refractivity contribution in [3.63, 3.8) is 0 Å². The number of hydrogen-bond acceptors (Lipinski definition) is 2. The van der Waals surface area contributed by atoms with E-state index < -0.39 is 0 Å². The molecular formula is C10H9BrO2. The van der Waals surface area contributed by atoms with Gasteiger partial charge in [0, 0.05) is 5.56 Å². The van der Waals surface area contributed by atoms with Crippen LogP contribution in [0, 0.1) is 12.3 Å². The quantitative estimate of drug-likeness (QED) is 0.819. The molecular weight excluding hydrogens is 232 g/mol. The van der Waals surface area contributed by atoms with Crippen LogP contribution in [0.15, 0.2) is 22.7 Å². The van der Waals surface area contributed by atoms with E-state index in [1.54, 1.807) is 6.07 Å². The molecule has 1 rings (SSSR count). The molecule has 2 nitrogen and oxygen atoms in total. The summed E-state index contributed by atoms with van der Waals surface area (Å²) in [5.74, 6) is 2.98. The minimum atomic E-state index is -0.0562.